The Morgan fingerprint density at radius 3 is 2.57 bits per heavy atom. The van der Waals surface area contributed by atoms with E-state index in [9.17, 15) is 8.78 Å². The molecule has 4 nitrogen and oxygen atoms in total. The quantitative estimate of drug-likeness (QED) is 0.712. The highest BCUT2D eigenvalue weighted by Gasteiger charge is 2.12. The lowest BCUT2D eigenvalue weighted by molar-refractivity contribution is -0.0498. The van der Waals surface area contributed by atoms with Crippen LogP contribution in [-0.4, -0.2) is 21.2 Å². The zero-order chi connectivity index (χ0) is 15.0. The number of alkyl halides is 2. The van der Waals surface area contributed by atoms with Crippen molar-refractivity contribution in [1.29, 1.82) is 0 Å². The molecule has 1 aromatic carbocycles. The number of hydrogen-bond donors (Lipinski definition) is 0. The summed E-state index contributed by atoms with van der Waals surface area (Å²) in [6, 6.07) is 8.22. The summed E-state index contributed by atoms with van der Waals surface area (Å²) in [5.41, 5.74) is 3.18. The highest BCUT2D eigenvalue weighted by atomic mass is 79.9. The number of fused-ring (bicyclic) bond motifs is 1. The van der Waals surface area contributed by atoms with E-state index < -0.39 is 6.61 Å². The average molecular weight is 354 g/mol. The van der Waals surface area contributed by atoms with Crippen molar-refractivity contribution in [2.45, 2.75) is 13.5 Å². The number of hydrogen-bond acceptors (Lipinski definition) is 3. The van der Waals surface area contributed by atoms with E-state index in [1.165, 1.54) is 12.1 Å². The molecular weight excluding hydrogens is 344 g/mol. The Balaban J connectivity index is 2.06. The molecule has 3 aromatic rings. The van der Waals surface area contributed by atoms with Crippen LogP contribution in [0.4, 0.5) is 8.78 Å². The van der Waals surface area contributed by atoms with Crippen molar-refractivity contribution in [1.82, 2.24) is 14.6 Å². The first-order valence-corrected chi connectivity index (χ1v) is 6.90. The normalized spacial score (nSPS) is 11.3. The van der Waals surface area contributed by atoms with Gasteiger partial charge in [0.25, 0.3) is 0 Å². The van der Waals surface area contributed by atoms with Gasteiger partial charge >= 0.3 is 6.61 Å². The molecule has 0 atom stereocenters. The van der Waals surface area contributed by atoms with Crippen LogP contribution in [0, 0.1) is 6.92 Å². The number of ether oxygens (including phenoxy) is 1. The molecule has 3 rings (SSSR count). The lowest BCUT2D eigenvalue weighted by Gasteiger charge is -2.07. The zero-order valence-electron chi connectivity index (χ0n) is 10.9. The van der Waals surface area contributed by atoms with Gasteiger partial charge in [-0.25, -0.2) is 9.50 Å². The summed E-state index contributed by atoms with van der Waals surface area (Å²) in [5, 5.41) is 4.42. The van der Waals surface area contributed by atoms with Gasteiger partial charge in [0.15, 0.2) is 5.65 Å². The van der Waals surface area contributed by atoms with Gasteiger partial charge in [-0.2, -0.15) is 13.9 Å². The highest BCUT2D eigenvalue weighted by Crippen LogP contribution is 2.27. The third-order valence-electron chi connectivity index (χ3n) is 3.00. The number of rotatable bonds is 3. The molecule has 0 unspecified atom stereocenters. The second-order valence-electron chi connectivity index (χ2n) is 4.37. The molecule has 21 heavy (non-hydrogen) atoms. The summed E-state index contributed by atoms with van der Waals surface area (Å²) in [7, 11) is 0. The predicted octanol–water partition coefficient (Wildman–Crippen LogP) is 4.07. The molecule has 0 aliphatic heterocycles. The van der Waals surface area contributed by atoms with E-state index in [-0.39, 0.29) is 5.75 Å². The van der Waals surface area contributed by atoms with Crippen LogP contribution >= 0.6 is 15.9 Å². The lowest BCUT2D eigenvalue weighted by Crippen LogP contribution is -2.01. The van der Waals surface area contributed by atoms with E-state index in [1.807, 2.05) is 13.0 Å². The van der Waals surface area contributed by atoms with Gasteiger partial charge in [0.05, 0.1) is 15.9 Å². The first-order chi connectivity index (χ1) is 10.1. The zero-order valence-corrected chi connectivity index (χ0v) is 12.5. The van der Waals surface area contributed by atoms with E-state index >= 15 is 0 Å². The standard InChI is InChI=1S/C14H10BrF2N3O/c1-8-12(15)13-18-7-6-11(20(13)19-8)9-2-4-10(5-3-9)21-14(16)17/h2-7,14H,1H3. The van der Waals surface area contributed by atoms with Gasteiger partial charge in [-0.05, 0) is 53.2 Å². The monoisotopic (exact) mass is 353 g/mol. The molecule has 7 heteroatoms. The van der Waals surface area contributed by atoms with Gasteiger partial charge in [-0.1, -0.05) is 0 Å². The van der Waals surface area contributed by atoms with Gasteiger partial charge in [-0.15, -0.1) is 0 Å². The summed E-state index contributed by atoms with van der Waals surface area (Å²) < 4.78 is 31.2. The molecule has 0 bridgehead atoms. The summed E-state index contributed by atoms with van der Waals surface area (Å²) in [4.78, 5) is 4.27. The smallest absolute Gasteiger partial charge is 0.387 e. The summed E-state index contributed by atoms with van der Waals surface area (Å²) in [5.74, 6) is 0.122. The van der Waals surface area contributed by atoms with E-state index in [1.54, 1.807) is 22.8 Å². The Morgan fingerprint density at radius 2 is 1.90 bits per heavy atom. The Morgan fingerprint density at radius 1 is 1.19 bits per heavy atom. The minimum absolute atomic E-state index is 0.122. The van der Waals surface area contributed by atoms with Crippen LogP contribution < -0.4 is 4.74 Å². The minimum Gasteiger partial charge on any atom is -0.435 e. The summed E-state index contributed by atoms with van der Waals surface area (Å²) in [6.07, 6.45) is 1.68. The lowest BCUT2D eigenvalue weighted by atomic mass is 10.1. The maximum atomic E-state index is 12.1. The minimum atomic E-state index is -2.83. The molecule has 2 aromatic heterocycles. The number of aryl methyl sites for hydroxylation is 1. The van der Waals surface area contributed by atoms with Crippen LogP contribution in [0.2, 0.25) is 0 Å². The van der Waals surface area contributed by atoms with Crippen LogP contribution in [0.3, 0.4) is 0 Å². The number of nitrogens with zero attached hydrogens (tertiary/aromatic N) is 3. The fourth-order valence-corrected chi connectivity index (χ4v) is 2.40. The molecule has 0 saturated heterocycles. The van der Waals surface area contributed by atoms with E-state index in [0.29, 0.717) is 5.65 Å². The molecule has 0 radical (unpaired) electrons. The molecule has 2 heterocycles. The fourth-order valence-electron chi connectivity index (χ4n) is 2.05. The Kier molecular flexibility index (Phi) is 3.59. The SMILES string of the molecule is Cc1nn2c(-c3ccc(OC(F)F)cc3)ccnc2c1Br. The summed E-state index contributed by atoms with van der Waals surface area (Å²) >= 11 is 3.45. The van der Waals surface area contributed by atoms with E-state index in [2.05, 4.69) is 30.7 Å². The van der Waals surface area contributed by atoms with Crippen molar-refractivity contribution < 1.29 is 13.5 Å². The fraction of sp³-hybridized carbons (Fsp3) is 0.143. The topological polar surface area (TPSA) is 39.4 Å². The van der Waals surface area contributed by atoms with Crippen molar-refractivity contribution in [3.8, 4) is 17.0 Å². The molecule has 0 aliphatic carbocycles. The molecule has 0 fully saturated rings. The average Bonchev–Trinajstić information content (AvgIpc) is 2.75. The third-order valence-corrected chi connectivity index (χ3v) is 3.93. The number of halogens is 3. The van der Waals surface area contributed by atoms with Crippen LogP contribution in [0.25, 0.3) is 16.9 Å². The van der Waals surface area contributed by atoms with Crippen LogP contribution in [-0.2, 0) is 0 Å². The van der Waals surface area contributed by atoms with Crippen molar-refractivity contribution in [3.63, 3.8) is 0 Å². The predicted molar refractivity (Wildman–Crippen MR) is 77.5 cm³/mol. The van der Waals surface area contributed by atoms with Crippen LogP contribution in [0.5, 0.6) is 5.75 Å². The maximum absolute atomic E-state index is 12.1. The number of benzene rings is 1. The van der Waals surface area contributed by atoms with Gasteiger partial charge in [-0.3, -0.25) is 0 Å². The third kappa shape index (κ3) is 2.61. The first kappa shape index (κ1) is 13.9. The van der Waals surface area contributed by atoms with E-state index in [4.69, 9.17) is 0 Å². The first-order valence-electron chi connectivity index (χ1n) is 6.11. The van der Waals surface area contributed by atoms with Gasteiger partial charge in [0.2, 0.25) is 0 Å². The maximum Gasteiger partial charge on any atom is 0.387 e. The van der Waals surface area contributed by atoms with Crippen molar-refractivity contribution in [3.05, 3.63) is 46.7 Å². The van der Waals surface area contributed by atoms with E-state index in [0.717, 1.165) is 21.4 Å². The molecule has 0 spiro atoms. The molecule has 0 saturated carbocycles. The molecule has 0 amide bonds. The Hall–Kier alpha value is -2.02. The number of aromatic nitrogens is 3. The van der Waals surface area contributed by atoms with Crippen molar-refractivity contribution >= 4 is 21.6 Å². The summed E-state index contributed by atoms with van der Waals surface area (Å²) in [6.45, 7) is -0.949. The van der Waals surface area contributed by atoms with Gasteiger partial charge < -0.3 is 4.74 Å². The largest absolute Gasteiger partial charge is 0.435 e. The molecule has 108 valence electrons. The van der Waals surface area contributed by atoms with Gasteiger partial charge in [0.1, 0.15) is 5.75 Å². The Bertz CT molecular complexity index is 787. The van der Waals surface area contributed by atoms with Crippen LogP contribution in [0.15, 0.2) is 41.0 Å². The van der Waals surface area contributed by atoms with Gasteiger partial charge in [0, 0.05) is 11.8 Å². The molecule has 0 N–H and O–H groups in total. The van der Waals surface area contributed by atoms with Crippen molar-refractivity contribution in [2.75, 3.05) is 0 Å². The second-order valence-corrected chi connectivity index (χ2v) is 5.16. The second kappa shape index (κ2) is 5.40. The van der Waals surface area contributed by atoms with Crippen molar-refractivity contribution in [2.24, 2.45) is 0 Å². The van der Waals surface area contributed by atoms with Crippen LogP contribution in [0.1, 0.15) is 5.69 Å². The molecular formula is C14H10BrF2N3O. The molecule has 0 aliphatic rings. The Labute approximate surface area is 127 Å². The highest BCUT2D eigenvalue weighted by molar-refractivity contribution is 9.10.